The second kappa shape index (κ2) is 6.47. The van der Waals surface area contributed by atoms with Crippen molar-refractivity contribution in [2.75, 3.05) is 0 Å². The first-order valence-electron chi connectivity index (χ1n) is 5.93. The SMILES string of the molecule is CC(NC(C)c1cc(Cl)sc1Cl)c1cccc(Cl)c1. The minimum absolute atomic E-state index is 0.130. The molecule has 0 fully saturated rings. The van der Waals surface area contributed by atoms with Crippen molar-refractivity contribution in [3.8, 4) is 0 Å². The second-order valence-electron chi connectivity index (χ2n) is 4.44. The predicted molar refractivity (Wildman–Crippen MR) is 85.8 cm³/mol. The van der Waals surface area contributed by atoms with Crippen molar-refractivity contribution in [1.29, 1.82) is 0 Å². The van der Waals surface area contributed by atoms with Crippen LogP contribution in [0.1, 0.15) is 37.1 Å². The maximum Gasteiger partial charge on any atom is 0.0991 e. The molecule has 0 bridgehead atoms. The van der Waals surface area contributed by atoms with E-state index >= 15 is 0 Å². The maximum atomic E-state index is 6.17. The second-order valence-corrected chi connectivity index (χ2v) is 7.17. The Kier molecular flexibility index (Phi) is 5.15. The number of nitrogens with one attached hydrogen (secondary N) is 1. The summed E-state index contributed by atoms with van der Waals surface area (Å²) in [5, 5.41) is 4.24. The van der Waals surface area contributed by atoms with E-state index in [2.05, 4.69) is 25.2 Å². The maximum absolute atomic E-state index is 6.17. The Balaban J connectivity index is 2.10. The Morgan fingerprint density at radius 2 is 1.79 bits per heavy atom. The molecule has 2 rings (SSSR count). The van der Waals surface area contributed by atoms with Crippen LogP contribution in [0.25, 0.3) is 0 Å². The molecule has 1 heterocycles. The first-order valence-corrected chi connectivity index (χ1v) is 7.88. The smallest absolute Gasteiger partial charge is 0.0991 e. The lowest BCUT2D eigenvalue weighted by Crippen LogP contribution is -2.22. The molecule has 1 aromatic heterocycles. The van der Waals surface area contributed by atoms with Gasteiger partial charge in [0.1, 0.15) is 0 Å². The predicted octanol–water partition coefficient (Wildman–Crippen LogP) is 6.12. The molecule has 0 aliphatic heterocycles. The van der Waals surface area contributed by atoms with E-state index in [1.54, 1.807) is 0 Å². The molecule has 0 amide bonds. The van der Waals surface area contributed by atoms with Gasteiger partial charge < -0.3 is 5.32 Å². The number of rotatable bonds is 4. The number of benzene rings is 1. The molecule has 0 aliphatic carbocycles. The highest BCUT2D eigenvalue weighted by molar-refractivity contribution is 7.20. The van der Waals surface area contributed by atoms with Crippen LogP contribution in [0.2, 0.25) is 13.7 Å². The quantitative estimate of drug-likeness (QED) is 0.710. The monoisotopic (exact) mass is 333 g/mol. The zero-order valence-electron chi connectivity index (χ0n) is 10.6. The third kappa shape index (κ3) is 3.87. The summed E-state index contributed by atoms with van der Waals surface area (Å²) in [4.78, 5) is 0. The molecule has 19 heavy (non-hydrogen) atoms. The standard InChI is InChI=1S/C14H14Cl3NS/c1-8(10-4-3-5-11(15)6-10)18-9(2)12-7-13(16)19-14(12)17/h3-9,18H,1-2H3. The highest BCUT2D eigenvalue weighted by atomic mass is 35.5. The van der Waals surface area contributed by atoms with E-state index in [0.717, 1.165) is 20.5 Å². The summed E-state index contributed by atoms with van der Waals surface area (Å²) in [6, 6.07) is 10.1. The molecule has 102 valence electrons. The summed E-state index contributed by atoms with van der Waals surface area (Å²) in [5.41, 5.74) is 2.18. The average Bonchev–Trinajstić information content (AvgIpc) is 2.68. The molecule has 2 unspecified atom stereocenters. The molecule has 1 N–H and O–H groups in total. The van der Waals surface area contributed by atoms with Crippen molar-refractivity contribution in [3.63, 3.8) is 0 Å². The van der Waals surface area contributed by atoms with Crippen LogP contribution in [0.3, 0.4) is 0 Å². The Morgan fingerprint density at radius 1 is 1.05 bits per heavy atom. The summed E-state index contributed by atoms with van der Waals surface area (Å²) >= 11 is 19.5. The number of halogens is 3. The van der Waals surface area contributed by atoms with Gasteiger partial charge in [-0.3, -0.25) is 0 Å². The van der Waals surface area contributed by atoms with Crippen molar-refractivity contribution >= 4 is 46.1 Å². The van der Waals surface area contributed by atoms with E-state index in [4.69, 9.17) is 34.8 Å². The van der Waals surface area contributed by atoms with Gasteiger partial charge in [0.15, 0.2) is 0 Å². The minimum Gasteiger partial charge on any atom is -0.304 e. The van der Waals surface area contributed by atoms with E-state index in [9.17, 15) is 0 Å². The van der Waals surface area contributed by atoms with Gasteiger partial charge in [-0.05, 0) is 43.2 Å². The Labute approximate surface area is 132 Å². The average molecular weight is 335 g/mol. The lowest BCUT2D eigenvalue weighted by Gasteiger charge is -2.20. The molecule has 5 heteroatoms. The van der Waals surface area contributed by atoms with E-state index in [-0.39, 0.29) is 12.1 Å². The van der Waals surface area contributed by atoms with E-state index in [1.165, 1.54) is 11.3 Å². The first-order chi connectivity index (χ1) is 8.97. The fourth-order valence-corrected chi connectivity index (χ4v) is 3.83. The number of hydrogen-bond donors (Lipinski definition) is 1. The zero-order chi connectivity index (χ0) is 14.0. The molecular formula is C14H14Cl3NS. The van der Waals surface area contributed by atoms with Crippen LogP contribution in [0.4, 0.5) is 0 Å². The first kappa shape index (κ1) is 15.1. The Bertz CT molecular complexity index is 568. The highest BCUT2D eigenvalue weighted by Crippen LogP contribution is 2.35. The fraction of sp³-hybridized carbons (Fsp3) is 0.286. The summed E-state index contributed by atoms with van der Waals surface area (Å²) in [6.45, 7) is 4.18. The third-order valence-corrected chi connectivity index (χ3v) is 4.75. The summed E-state index contributed by atoms with van der Waals surface area (Å²) in [6.07, 6.45) is 0. The third-order valence-electron chi connectivity index (χ3n) is 3.00. The molecule has 0 radical (unpaired) electrons. The minimum atomic E-state index is 0.130. The van der Waals surface area contributed by atoms with Crippen LogP contribution in [0.5, 0.6) is 0 Å². The summed E-state index contributed by atoms with van der Waals surface area (Å²) in [5.74, 6) is 0. The summed E-state index contributed by atoms with van der Waals surface area (Å²) < 4.78 is 1.45. The number of hydrogen-bond acceptors (Lipinski definition) is 2. The molecule has 0 saturated carbocycles. The number of thiophene rings is 1. The molecule has 0 spiro atoms. The molecular weight excluding hydrogens is 321 g/mol. The van der Waals surface area contributed by atoms with Gasteiger partial charge in [-0.25, -0.2) is 0 Å². The van der Waals surface area contributed by atoms with Gasteiger partial charge in [0.25, 0.3) is 0 Å². The molecule has 0 aliphatic rings. The van der Waals surface area contributed by atoms with Crippen molar-refractivity contribution in [2.24, 2.45) is 0 Å². The molecule has 2 atom stereocenters. The van der Waals surface area contributed by atoms with Gasteiger partial charge >= 0.3 is 0 Å². The zero-order valence-corrected chi connectivity index (χ0v) is 13.7. The van der Waals surface area contributed by atoms with Gasteiger partial charge in [-0.2, -0.15) is 0 Å². The van der Waals surface area contributed by atoms with Gasteiger partial charge in [-0.1, -0.05) is 46.9 Å². The molecule has 1 aromatic carbocycles. The van der Waals surface area contributed by atoms with Crippen molar-refractivity contribution in [3.05, 3.63) is 55.2 Å². The van der Waals surface area contributed by atoms with Crippen LogP contribution in [-0.2, 0) is 0 Å². The van der Waals surface area contributed by atoms with Gasteiger partial charge in [-0.15, -0.1) is 11.3 Å². The van der Waals surface area contributed by atoms with Gasteiger partial charge in [0, 0.05) is 17.1 Å². The van der Waals surface area contributed by atoms with Gasteiger partial charge in [0.05, 0.1) is 8.67 Å². The topological polar surface area (TPSA) is 12.0 Å². The van der Waals surface area contributed by atoms with E-state index in [0.29, 0.717) is 4.34 Å². The van der Waals surface area contributed by atoms with Crippen molar-refractivity contribution in [2.45, 2.75) is 25.9 Å². The highest BCUT2D eigenvalue weighted by Gasteiger charge is 2.16. The summed E-state index contributed by atoms with van der Waals surface area (Å²) in [7, 11) is 0. The molecule has 0 saturated heterocycles. The van der Waals surface area contributed by atoms with Crippen LogP contribution >= 0.6 is 46.1 Å². The lowest BCUT2D eigenvalue weighted by molar-refractivity contribution is 0.496. The Hall–Kier alpha value is -0.250. The largest absolute Gasteiger partial charge is 0.304 e. The van der Waals surface area contributed by atoms with Crippen LogP contribution in [0.15, 0.2) is 30.3 Å². The lowest BCUT2D eigenvalue weighted by atomic mass is 10.1. The van der Waals surface area contributed by atoms with Crippen LogP contribution in [-0.4, -0.2) is 0 Å². The van der Waals surface area contributed by atoms with Gasteiger partial charge in [0.2, 0.25) is 0 Å². The van der Waals surface area contributed by atoms with Crippen LogP contribution in [0, 0.1) is 0 Å². The van der Waals surface area contributed by atoms with E-state index < -0.39 is 0 Å². The fourth-order valence-electron chi connectivity index (χ4n) is 1.99. The molecule has 1 nitrogen and oxygen atoms in total. The van der Waals surface area contributed by atoms with Crippen LogP contribution < -0.4 is 5.32 Å². The van der Waals surface area contributed by atoms with E-state index in [1.807, 2.05) is 24.3 Å². The molecule has 2 aromatic rings. The normalized spacial score (nSPS) is 14.4. The Morgan fingerprint density at radius 3 is 2.37 bits per heavy atom. The van der Waals surface area contributed by atoms with Crippen molar-refractivity contribution in [1.82, 2.24) is 5.32 Å². The van der Waals surface area contributed by atoms with Crippen molar-refractivity contribution < 1.29 is 0 Å².